The Labute approximate surface area is 77.6 Å². The van der Waals surface area contributed by atoms with Gasteiger partial charge >= 0.3 is 0 Å². The molecule has 2 rings (SSSR count). The summed E-state index contributed by atoms with van der Waals surface area (Å²) >= 11 is 0. The summed E-state index contributed by atoms with van der Waals surface area (Å²) < 4.78 is 0. The molecule has 0 bridgehead atoms. The third-order valence-corrected chi connectivity index (χ3v) is 2.06. The Balaban J connectivity index is 1.95. The molecular formula is C11H11NO. The third kappa shape index (κ3) is 2.30. The standard InChI is InChI=1S/C11H11NO/c13-11(6-7-11)5-1-3-10-4-2-8-12-9-10/h2,4,8-9,13H,3,6-7H2. The van der Waals surface area contributed by atoms with Crippen LogP contribution in [-0.2, 0) is 6.42 Å². The van der Waals surface area contributed by atoms with Crippen molar-refractivity contribution < 1.29 is 5.11 Å². The lowest BCUT2D eigenvalue weighted by Gasteiger charge is -1.93. The maximum Gasteiger partial charge on any atom is 0.125 e. The fourth-order valence-electron chi connectivity index (χ4n) is 1.06. The summed E-state index contributed by atoms with van der Waals surface area (Å²) in [4.78, 5) is 3.99. The smallest absolute Gasteiger partial charge is 0.125 e. The number of pyridine rings is 1. The van der Waals surface area contributed by atoms with Gasteiger partial charge < -0.3 is 5.11 Å². The zero-order valence-corrected chi connectivity index (χ0v) is 7.33. The van der Waals surface area contributed by atoms with Crippen molar-refractivity contribution in [1.82, 2.24) is 4.98 Å². The van der Waals surface area contributed by atoms with Crippen LogP contribution in [0.1, 0.15) is 18.4 Å². The molecule has 0 spiro atoms. The monoisotopic (exact) mass is 173 g/mol. The number of aliphatic hydroxyl groups is 1. The minimum Gasteiger partial charge on any atom is -0.378 e. The summed E-state index contributed by atoms with van der Waals surface area (Å²) in [5.74, 6) is 5.82. The quantitative estimate of drug-likeness (QED) is 0.646. The van der Waals surface area contributed by atoms with Gasteiger partial charge in [0.1, 0.15) is 5.60 Å². The Bertz CT molecular complexity index is 343. The summed E-state index contributed by atoms with van der Waals surface area (Å²) in [5.41, 5.74) is 0.446. The maximum atomic E-state index is 9.42. The first-order valence-electron chi connectivity index (χ1n) is 4.40. The van der Waals surface area contributed by atoms with Crippen molar-refractivity contribution in [3.05, 3.63) is 30.1 Å². The number of rotatable bonds is 1. The molecule has 0 aromatic carbocycles. The minimum absolute atomic E-state index is 0.651. The van der Waals surface area contributed by atoms with Crippen LogP contribution >= 0.6 is 0 Å². The van der Waals surface area contributed by atoms with Crippen molar-refractivity contribution in [3.63, 3.8) is 0 Å². The van der Waals surface area contributed by atoms with Crippen molar-refractivity contribution in [3.8, 4) is 11.8 Å². The molecule has 1 saturated carbocycles. The van der Waals surface area contributed by atoms with Gasteiger partial charge in [-0.05, 0) is 24.5 Å². The van der Waals surface area contributed by atoms with E-state index >= 15 is 0 Å². The summed E-state index contributed by atoms with van der Waals surface area (Å²) in [6.45, 7) is 0. The number of nitrogens with zero attached hydrogens (tertiary/aromatic N) is 1. The summed E-state index contributed by atoms with van der Waals surface area (Å²) in [6.07, 6.45) is 5.87. The maximum absolute atomic E-state index is 9.42. The lowest BCUT2D eigenvalue weighted by molar-refractivity contribution is 0.212. The van der Waals surface area contributed by atoms with Crippen molar-refractivity contribution >= 4 is 0 Å². The van der Waals surface area contributed by atoms with E-state index in [2.05, 4.69) is 16.8 Å². The molecule has 0 aliphatic heterocycles. The van der Waals surface area contributed by atoms with Crippen molar-refractivity contribution in [1.29, 1.82) is 0 Å². The summed E-state index contributed by atoms with van der Waals surface area (Å²) in [7, 11) is 0. The molecule has 1 N–H and O–H groups in total. The van der Waals surface area contributed by atoms with E-state index < -0.39 is 5.60 Å². The largest absolute Gasteiger partial charge is 0.378 e. The van der Waals surface area contributed by atoms with Crippen LogP contribution in [0.3, 0.4) is 0 Å². The van der Waals surface area contributed by atoms with Gasteiger partial charge in [0, 0.05) is 18.8 Å². The van der Waals surface area contributed by atoms with E-state index in [1.54, 1.807) is 12.4 Å². The average Bonchev–Trinajstić information content (AvgIpc) is 2.86. The van der Waals surface area contributed by atoms with E-state index in [0.29, 0.717) is 6.42 Å². The fourth-order valence-corrected chi connectivity index (χ4v) is 1.06. The molecule has 1 aromatic heterocycles. The fraction of sp³-hybridized carbons (Fsp3) is 0.364. The predicted octanol–water partition coefficient (Wildman–Crippen LogP) is 1.15. The van der Waals surface area contributed by atoms with Crippen molar-refractivity contribution in [2.75, 3.05) is 0 Å². The molecule has 0 radical (unpaired) electrons. The van der Waals surface area contributed by atoms with Crippen LogP contribution in [0.25, 0.3) is 0 Å². The van der Waals surface area contributed by atoms with E-state index in [9.17, 15) is 5.11 Å². The topological polar surface area (TPSA) is 33.1 Å². The molecule has 0 saturated heterocycles. The van der Waals surface area contributed by atoms with E-state index in [1.807, 2.05) is 12.1 Å². The SMILES string of the molecule is OC1(C#CCc2cccnc2)CC1. The molecule has 0 unspecified atom stereocenters. The van der Waals surface area contributed by atoms with E-state index in [-0.39, 0.29) is 0 Å². The van der Waals surface area contributed by atoms with Crippen LogP contribution in [0.15, 0.2) is 24.5 Å². The Morgan fingerprint density at radius 2 is 2.38 bits per heavy atom. The third-order valence-electron chi connectivity index (χ3n) is 2.06. The minimum atomic E-state index is -0.651. The Kier molecular flexibility index (Phi) is 2.03. The van der Waals surface area contributed by atoms with Gasteiger partial charge in [0.25, 0.3) is 0 Å². The molecule has 1 aliphatic carbocycles. The van der Waals surface area contributed by atoms with Gasteiger partial charge in [-0.15, -0.1) is 0 Å². The van der Waals surface area contributed by atoms with Gasteiger partial charge in [-0.1, -0.05) is 17.9 Å². The first kappa shape index (κ1) is 8.28. The predicted molar refractivity (Wildman–Crippen MR) is 49.9 cm³/mol. The van der Waals surface area contributed by atoms with E-state index in [0.717, 1.165) is 18.4 Å². The molecule has 1 aliphatic rings. The highest BCUT2D eigenvalue weighted by molar-refractivity contribution is 5.25. The molecule has 0 atom stereocenters. The van der Waals surface area contributed by atoms with Crippen LogP contribution in [0.2, 0.25) is 0 Å². The highest BCUT2D eigenvalue weighted by atomic mass is 16.3. The molecule has 1 aromatic rings. The highest BCUT2D eigenvalue weighted by Crippen LogP contribution is 2.33. The molecule has 0 amide bonds. The van der Waals surface area contributed by atoms with E-state index in [1.165, 1.54) is 0 Å². The van der Waals surface area contributed by atoms with Crippen LogP contribution in [0, 0.1) is 11.8 Å². The van der Waals surface area contributed by atoms with Crippen molar-refractivity contribution in [2.24, 2.45) is 0 Å². The van der Waals surface area contributed by atoms with Crippen molar-refractivity contribution in [2.45, 2.75) is 24.9 Å². The normalized spacial score (nSPS) is 17.3. The lowest BCUT2D eigenvalue weighted by Crippen LogP contribution is -2.00. The molecule has 2 nitrogen and oxygen atoms in total. The number of hydrogen-bond acceptors (Lipinski definition) is 2. The zero-order chi connectivity index (χ0) is 9.15. The Morgan fingerprint density at radius 3 is 3.00 bits per heavy atom. The van der Waals surface area contributed by atoms with E-state index in [4.69, 9.17) is 0 Å². The van der Waals surface area contributed by atoms with Crippen LogP contribution in [0.4, 0.5) is 0 Å². The molecule has 66 valence electrons. The second-order valence-electron chi connectivity index (χ2n) is 3.37. The molecule has 1 heterocycles. The second-order valence-corrected chi connectivity index (χ2v) is 3.37. The number of hydrogen-bond donors (Lipinski definition) is 1. The van der Waals surface area contributed by atoms with Gasteiger partial charge in [-0.3, -0.25) is 4.98 Å². The van der Waals surface area contributed by atoms with Crippen LogP contribution in [-0.4, -0.2) is 15.7 Å². The number of aromatic nitrogens is 1. The van der Waals surface area contributed by atoms with Gasteiger partial charge in [0.05, 0.1) is 0 Å². The van der Waals surface area contributed by atoms with Gasteiger partial charge in [-0.25, -0.2) is 0 Å². The van der Waals surface area contributed by atoms with Gasteiger partial charge in [0.15, 0.2) is 0 Å². The zero-order valence-electron chi connectivity index (χ0n) is 7.33. The first-order valence-corrected chi connectivity index (χ1v) is 4.40. The Morgan fingerprint density at radius 1 is 1.54 bits per heavy atom. The summed E-state index contributed by atoms with van der Waals surface area (Å²) in [5, 5.41) is 9.42. The first-order chi connectivity index (χ1) is 6.29. The average molecular weight is 173 g/mol. The van der Waals surface area contributed by atoms with Gasteiger partial charge in [0.2, 0.25) is 0 Å². The highest BCUT2D eigenvalue weighted by Gasteiger charge is 2.38. The molecule has 2 heteroatoms. The molecule has 1 fully saturated rings. The molecular weight excluding hydrogens is 162 g/mol. The van der Waals surface area contributed by atoms with Crippen LogP contribution < -0.4 is 0 Å². The Hall–Kier alpha value is -1.33. The lowest BCUT2D eigenvalue weighted by atomic mass is 10.2. The second kappa shape index (κ2) is 3.20. The molecule has 13 heavy (non-hydrogen) atoms. The van der Waals surface area contributed by atoms with Crippen LogP contribution in [0.5, 0.6) is 0 Å². The summed E-state index contributed by atoms with van der Waals surface area (Å²) in [6, 6.07) is 3.88. The van der Waals surface area contributed by atoms with Gasteiger partial charge in [-0.2, -0.15) is 0 Å².